The van der Waals surface area contributed by atoms with Crippen molar-refractivity contribution in [1.82, 2.24) is 13.9 Å². The van der Waals surface area contributed by atoms with Crippen molar-refractivity contribution in [2.45, 2.75) is 61.7 Å². The topological polar surface area (TPSA) is 156 Å². The van der Waals surface area contributed by atoms with Gasteiger partial charge in [0.15, 0.2) is 0 Å². The number of aliphatic carboxylic acids is 1. The lowest BCUT2D eigenvalue weighted by Gasteiger charge is -2.30. The molecule has 0 radical (unpaired) electrons. The second-order valence-electron chi connectivity index (χ2n) is 8.07. The van der Waals surface area contributed by atoms with Gasteiger partial charge < -0.3 is 26.2 Å². The van der Waals surface area contributed by atoms with Crippen molar-refractivity contribution in [3.63, 3.8) is 0 Å². The number of hydrogen-bond donors (Lipinski definition) is 5. The highest BCUT2D eigenvalue weighted by molar-refractivity contribution is 7.86. The predicted octanol–water partition coefficient (Wildman–Crippen LogP) is -2.61. The van der Waals surface area contributed by atoms with Gasteiger partial charge in [-0.15, -0.1) is 0 Å². The van der Waals surface area contributed by atoms with Gasteiger partial charge in [-0.1, -0.05) is 6.42 Å². The molecule has 0 spiro atoms. The Morgan fingerprint density at radius 3 is 2.42 bits per heavy atom. The number of carboxylic acid groups (broad SMARTS) is 1. The first kappa shape index (κ1) is 18.6. The summed E-state index contributed by atoms with van der Waals surface area (Å²) in [5.74, 6) is -1.79. The van der Waals surface area contributed by atoms with Crippen molar-refractivity contribution in [3.05, 3.63) is 0 Å². The normalized spacial score (nSPS) is 42.2. The van der Waals surface area contributed by atoms with Crippen LogP contribution in [0.25, 0.3) is 0 Å². The van der Waals surface area contributed by atoms with E-state index < -0.39 is 34.8 Å². The van der Waals surface area contributed by atoms with Crippen LogP contribution in [-0.2, 0) is 15.0 Å². The summed E-state index contributed by atoms with van der Waals surface area (Å²) in [7, 11) is -5.24. The van der Waals surface area contributed by atoms with Crippen LogP contribution in [0.2, 0.25) is 6.32 Å². The first-order chi connectivity index (χ1) is 12.1. The van der Waals surface area contributed by atoms with Gasteiger partial charge in [0.05, 0.1) is 0 Å². The third-order valence-electron chi connectivity index (χ3n) is 6.19. The zero-order valence-corrected chi connectivity index (χ0v) is 15.2. The molecule has 4 unspecified atom stereocenters. The van der Waals surface area contributed by atoms with Gasteiger partial charge in [-0.3, -0.25) is 4.79 Å². The van der Waals surface area contributed by atoms with Gasteiger partial charge in [0.1, 0.15) is 5.54 Å². The smallest absolute Gasteiger partial charge is 0.451 e. The summed E-state index contributed by atoms with van der Waals surface area (Å²) in [6.07, 6.45) is 2.39. The minimum absolute atomic E-state index is 0.0376. The van der Waals surface area contributed by atoms with E-state index in [1.54, 1.807) is 4.31 Å². The summed E-state index contributed by atoms with van der Waals surface area (Å²) in [4.78, 5) is 11.8. The molecule has 10 nitrogen and oxygen atoms in total. The number of nitrogens with two attached hydrogens (primary N) is 1. The van der Waals surface area contributed by atoms with Gasteiger partial charge in [0.25, 0.3) is 10.2 Å². The molecule has 2 saturated heterocycles. The molecule has 4 fully saturated rings. The van der Waals surface area contributed by atoms with Crippen LogP contribution >= 0.6 is 0 Å². The molecule has 6 N–H and O–H groups in total. The van der Waals surface area contributed by atoms with Crippen LogP contribution in [-0.4, -0.2) is 88.1 Å². The second kappa shape index (κ2) is 6.13. The summed E-state index contributed by atoms with van der Waals surface area (Å²) in [5, 5.41) is 31.0. The van der Waals surface area contributed by atoms with Gasteiger partial charge in [-0.25, -0.2) is 0 Å². The maximum Gasteiger partial charge on any atom is 0.451 e. The van der Waals surface area contributed by atoms with Crippen molar-refractivity contribution in [1.29, 1.82) is 0 Å². The molecule has 0 bridgehead atoms. The monoisotopic (exact) mass is 388 g/mol. The van der Waals surface area contributed by atoms with Crippen molar-refractivity contribution in [2.24, 2.45) is 11.7 Å². The van der Waals surface area contributed by atoms with E-state index in [4.69, 9.17) is 15.8 Å². The van der Waals surface area contributed by atoms with Crippen molar-refractivity contribution < 1.29 is 28.4 Å². The van der Waals surface area contributed by atoms with Crippen molar-refractivity contribution in [2.75, 3.05) is 13.1 Å². The zero-order chi connectivity index (χ0) is 18.9. The largest absolute Gasteiger partial charge is 0.480 e. The van der Waals surface area contributed by atoms with E-state index >= 15 is 0 Å². The van der Waals surface area contributed by atoms with Gasteiger partial charge in [-0.05, 0) is 25.6 Å². The average molecular weight is 388 g/mol. The number of piperazine rings is 1. The Kier molecular flexibility index (Phi) is 4.38. The number of nitrogens with one attached hydrogen (secondary N) is 1. The quantitative estimate of drug-likeness (QED) is 0.297. The summed E-state index contributed by atoms with van der Waals surface area (Å²) >= 11 is 0. The molecule has 2 aliphatic carbocycles. The highest BCUT2D eigenvalue weighted by atomic mass is 32.2. The molecule has 0 amide bonds. The maximum absolute atomic E-state index is 13.2. The number of nitrogens with zero attached hydrogens (tertiary/aromatic N) is 2. The fourth-order valence-electron chi connectivity index (χ4n) is 4.49. The van der Waals surface area contributed by atoms with E-state index in [1.807, 2.05) is 0 Å². The van der Waals surface area contributed by atoms with E-state index in [1.165, 1.54) is 4.31 Å². The summed E-state index contributed by atoms with van der Waals surface area (Å²) in [6, 6.07) is 0.342. The Balaban J connectivity index is 1.51. The first-order valence-electron chi connectivity index (χ1n) is 9.07. The number of hydrogen-bond acceptors (Lipinski definition) is 7. The number of fused-ring (bicyclic) bond motifs is 2. The van der Waals surface area contributed by atoms with E-state index in [0.29, 0.717) is 12.8 Å². The van der Waals surface area contributed by atoms with Crippen LogP contribution in [0.5, 0.6) is 0 Å². The highest BCUT2D eigenvalue weighted by Crippen LogP contribution is 2.47. The van der Waals surface area contributed by atoms with Crippen molar-refractivity contribution in [3.8, 4) is 0 Å². The number of carbonyl (C=O) groups is 1. The Labute approximate surface area is 152 Å². The van der Waals surface area contributed by atoms with Gasteiger partial charge in [0, 0.05) is 43.2 Å². The highest BCUT2D eigenvalue weighted by Gasteiger charge is 2.64. The molecule has 2 saturated carbocycles. The van der Waals surface area contributed by atoms with E-state index in [-0.39, 0.29) is 43.6 Å². The third kappa shape index (κ3) is 2.97. The molecule has 4 rings (SSSR count). The predicted molar refractivity (Wildman–Crippen MR) is 92.1 cm³/mol. The van der Waals surface area contributed by atoms with E-state index in [2.05, 4.69) is 5.32 Å². The van der Waals surface area contributed by atoms with E-state index in [9.17, 15) is 18.3 Å². The molecule has 12 heteroatoms. The van der Waals surface area contributed by atoms with Gasteiger partial charge in [-0.2, -0.15) is 17.0 Å². The number of carboxylic acids is 1. The molecular weight excluding hydrogens is 363 g/mol. The Morgan fingerprint density at radius 1 is 1.27 bits per heavy atom. The second-order valence-corrected chi connectivity index (χ2v) is 9.90. The molecule has 26 heavy (non-hydrogen) atoms. The molecule has 2 heterocycles. The standard InChI is InChI=1S/C14H25BN4O6S/c16-14(13(20)21)7-18(6-8(14)2-1-3-15(22)23)26(24,25)19-11-4-9(11)17-10-5-12(10)19/h8-12,17,22-23H,1-7,16H2,(H,20,21)/t8-,9?,10?,11?,12?,14-/m0/s1. The zero-order valence-electron chi connectivity index (χ0n) is 14.4. The minimum Gasteiger partial charge on any atom is -0.480 e. The van der Waals surface area contributed by atoms with Crippen LogP contribution in [0.3, 0.4) is 0 Å². The van der Waals surface area contributed by atoms with Crippen LogP contribution in [0.15, 0.2) is 0 Å². The van der Waals surface area contributed by atoms with E-state index in [0.717, 1.165) is 12.8 Å². The Hall–Kier alpha value is -0.755. The van der Waals surface area contributed by atoms with Gasteiger partial charge in [0.2, 0.25) is 0 Å². The lowest BCUT2D eigenvalue weighted by atomic mass is 9.78. The lowest BCUT2D eigenvalue weighted by Crippen LogP contribution is -2.56. The van der Waals surface area contributed by atoms with Crippen LogP contribution in [0.1, 0.15) is 25.7 Å². The third-order valence-corrected chi connectivity index (χ3v) is 8.20. The summed E-state index contributed by atoms with van der Waals surface area (Å²) in [6.45, 7) is -0.207. The molecule has 4 aliphatic rings. The summed E-state index contributed by atoms with van der Waals surface area (Å²) in [5.41, 5.74) is 4.45. The fourth-order valence-corrected chi connectivity index (χ4v) is 6.65. The van der Waals surface area contributed by atoms with Crippen LogP contribution in [0, 0.1) is 5.92 Å². The van der Waals surface area contributed by atoms with Crippen LogP contribution < -0.4 is 11.1 Å². The molecule has 6 atom stereocenters. The molecule has 0 aromatic rings. The average Bonchev–Trinajstić information content (AvgIpc) is 3.43. The maximum atomic E-state index is 13.2. The molecule has 2 aliphatic heterocycles. The minimum atomic E-state index is -3.77. The number of rotatable bonds is 7. The molecular formula is C14H25BN4O6S. The lowest BCUT2D eigenvalue weighted by molar-refractivity contribution is -0.144. The SMILES string of the molecule is N[C@@]1(C(=O)O)CN(S(=O)(=O)N2C3CC3NC3CC32)C[C@@H]1CCCB(O)O. The molecule has 146 valence electrons. The Morgan fingerprint density at radius 2 is 1.88 bits per heavy atom. The van der Waals surface area contributed by atoms with Crippen LogP contribution in [0.4, 0.5) is 0 Å². The van der Waals surface area contributed by atoms with Crippen molar-refractivity contribution >= 4 is 23.3 Å². The molecule has 0 aromatic heterocycles. The van der Waals surface area contributed by atoms with Gasteiger partial charge >= 0.3 is 13.1 Å². The first-order valence-corrected chi connectivity index (χ1v) is 10.5. The summed E-state index contributed by atoms with van der Waals surface area (Å²) < 4.78 is 29.2. The fraction of sp³-hybridized carbons (Fsp3) is 0.929. The Bertz CT molecular complexity index is 692. The molecule has 0 aromatic carbocycles.